The van der Waals surface area contributed by atoms with Crippen molar-refractivity contribution in [3.63, 3.8) is 0 Å². The molecule has 0 saturated carbocycles. The molecule has 76 valence electrons. The maximum absolute atomic E-state index is 11.7. The Morgan fingerprint density at radius 2 is 2.46 bits per heavy atom. The van der Waals surface area contributed by atoms with Crippen LogP contribution in [0.1, 0.15) is 20.3 Å². The summed E-state index contributed by atoms with van der Waals surface area (Å²) in [5, 5.41) is 3.10. The number of thioether (sulfide) groups is 1. The summed E-state index contributed by atoms with van der Waals surface area (Å²) in [6.07, 6.45) is 0.963. The van der Waals surface area contributed by atoms with E-state index in [0.29, 0.717) is 0 Å². The molecule has 4 heteroatoms. The molecule has 0 aromatic rings. The third-order valence-electron chi connectivity index (χ3n) is 2.56. The van der Waals surface area contributed by atoms with Gasteiger partial charge in [0.1, 0.15) is 5.37 Å². The van der Waals surface area contributed by atoms with Crippen LogP contribution in [0.3, 0.4) is 0 Å². The largest absolute Gasteiger partial charge is 0.321 e. The molecule has 1 saturated heterocycles. The number of nitrogens with two attached hydrogens (primary N) is 1. The molecule has 1 aliphatic heterocycles. The molecule has 3 atom stereocenters. The quantitative estimate of drug-likeness (QED) is 0.700. The third-order valence-corrected chi connectivity index (χ3v) is 3.73. The molecule has 1 fully saturated rings. The van der Waals surface area contributed by atoms with Crippen molar-refractivity contribution in [1.29, 1.82) is 0 Å². The number of rotatable bonds is 4. The van der Waals surface area contributed by atoms with Gasteiger partial charge in [-0.25, -0.2) is 0 Å². The van der Waals surface area contributed by atoms with E-state index < -0.39 is 0 Å². The number of hydrogen-bond acceptors (Lipinski definition) is 4. The second kappa shape index (κ2) is 4.98. The van der Waals surface area contributed by atoms with Gasteiger partial charge in [0, 0.05) is 12.3 Å². The van der Waals surface area contributed by atoms with Crippen LogP contribution in [0.4, 0.5) is 0 Å². The molecular weight excluding hydrogens is 184 g/mol. The highest BCUT2D eigenvalue weighted by Gasteiger charge is 2.29. The van der Waals surface area contributed by atoms with Gasteiger partial charge in [0.05, 0.1) is 6.04 Å². The second-order valence-corrected chi connectivity index (χ2v) is 4.73. The Hall–Kier alpha value is -0.0600. The molecule has 0 aromatic heterocycles. The molecule has 0 bridgehead atoms. The zero-order chi connectivity index (χ0) is 9.84. The Labute approximate surface area is 83.8 Å². The zero-order valence-corrected chi connectivity index (χ0v) is 9.06. The van der Waals surface area contributed by atoms with Crippen LogP contribution in [0.15, 0.2) is 0 Å². The third kappa shape index (κ3) is 2.69. The topological polar surface area (TPSA) is 55.1 Å². The van der Waals surface area contributed by atoms with Gasteiger partial charge >= 0.3 is 0 Å². The van der Waals surface area contributed by atoms with Gasteiger partial charge < -0.3 is 5.73 Å². The average Bonchev–Trinajstić information content (AvgIpc) is 2.67. The van der Waals surface area contributed by atoms with E-state index in [4.69, 9.17) is 5.73 Å². The number of ketones is 1. The van der Waals surface area contributed by atoms with Crippen LogP contribution < -0.4 is 11.1 Å². The first-order valence-electron chi connectivity index (χ1n) is 4.81. The molecular formula is C9H18N2OS. The van der Waals surface area contributed by atoms with E-state index in [9.17, 15) is 4.79 Å². The van der Waals surface area contributed by atoms with Gasteiger partial charge in [-0.3, -0.25) is 10.1 Å². The average molecular weight is 202 g/mol. The van der Waals surface area contributed by atoms with Crippen molar-refractivity contribution >= 4 is 17.5 Å². The lowest BCUT2D eigenvalue weighted by Crippen LogP contribution is -2.45. The highest BCUT2D eigenvalue weighted by molar-refractivity contribution is 8.00. The van der Waals surface area contributed by atoms with E-state index >= 15 is 0 Å². The predicted molar refractivity (Wildman–Crippen MR) is 56.7 cm³/mol. The van der Waals surface area contributed by atoms with Gasteiger partial charge in [-0.05, 0) is 5.92 Å². The van der Waals surface area contributed by atoms with Gasteiger partial charge in [-0.1, -0.05) is 20.3 Å². The molecule has 0 aliphatic carbocycles. The van der Waals surface area contributed by atoms with Crippen LogP contribution in [0, 0.1) is 5.92 Å². The first-order chi connectivity index (χ1) is 6.16. The fourth-order valence-corrected chi connectivity index (χ4v) is 2.35. The van der Waals surface area contributed by atoms with Crippen molar-refractivity contribution in [2.75, 3.05) is 12.3 Å². The fraction of sp³-hybridized carbons (Fsp3) is 0.889. The molecule has 0 aromatic carbocycles. The van der Waals surface area contributed by atoms with Crippen LogP contribution in [0.25, 0.3) is 0 Å². The van der Waals surface area contributed by atoms with Crippen molar-refractivity contribution in [3.05, 3.63) is 0 Å². The second-order valence-electron chi connectivity index (χ2n) is 3.52. The fourth-order valence-electron chi connectivity index (χ4n) is 1.32. The van der Waals surface area contributed by atoms with Crippen LogP contribution in [0.5, 0.6) is 0 Å². The normalized spacial score (nSPS) is 27.2. The van der Waals surface area contributed by atoms with E-state index in [2.05, 4.69) is 12.2 Å². The number of nitrogens with one attached hydrogen (secondary N) is 1. The summed E-state index contributed by atoms with van der Waals surface area (Å²) in [4.78, 5) is 11.7. The molecule has 13 heavy (non-hydrogen) atoms. The SMILES string of the molecule is CC[C@H](C)[C@H](N)C(=O)C1NCCS1. The number of Topliss-reactive ketones (excluding diaryl/α,β-unsaturated/α-hetero) is 1. The molecule has 3 N–H and O–H groups in total. The lowest BCUT2D eigenvalue weighted by molar-refractivity contribution is -0.121. The van der Waals surface area contributed by atoms with E-state index in [1.165, 1.54) is 0 Å². The van der Waals surface area contributed by atoms with Crippen molar-refractivity contribution < 1.29 is 4.79 Å². The Bertz CT molecular complexity index is 180. The van der Waals surface area contributed by atoms with E-state index in [-0.39, 0.29) is 23.1 Å². The van der Waals surface area contributed by atoms with Crippen LogP contribution >= 0.6 is 11.8 Å². The smallest absolute Gasteiger partial charge is 0.176 e. The lowest BCUT2D eigenvalue weighted by Gasteiger charge is -2.19. The Morgan fingerprint density at radius 3 is 2.92 bits per heavy atom. The summed E-state index contributed by atoms with van der Waals surface area (Å²) in [7, 11) is 0. The number of hydrogen-bond donors (Lipinski definition) is 2. The maximum Gasteiger partial charge on any atom is 0.176 e. The molecule has 0 radical (unpaired) electrons. The lowest BCUT2D eigenvalue weighted by atomic mass is 9.96. The molecule has 3 nitrogen and oxygen atoms in total. The number of carbonyl (C=O) groups excluding carboxylic acids is 1. The molecule has 0 spiro atoms. The van der Waals surface area contributed by atoms with Crippen molar-refractivity contribution in [3.8, 4) is 0 Å². The molecule has 1 rings (SSSR count). The molecule has 1 aliphatic rings. The standard InChI is InChI=1S/C9H18N2OS/c1-3-6(2)7(10)8(12)9-11-4-5-13-9/h6-7,9,11H,3-5,10H2,1-2H3/t6-,7-,9?/m0/s1. The van der Waals surface area contributed by atoms with Gasteiger partial charge in [0.25, 0.3) is 0 Å². The highest BCUT2D eigenvalue weighted by Crippen LogP contribution is 2.18. The van der Waals surface area contributed by atoms with E-state index in [1.54, 1.807) is 11.8 Å². The van der Waals surface area contributed by atoms with Crippen molar-refractivity contribution in [1.82, 2.24) is 5.32 Å². The maximum atomic E-state index is 11.7. The van der Waals surface area contributed by atoms with E-state index in [1.807, 2.05) is 6.92 Å². The molecule has 1 unspecified atom stereocenters. The van der Waals surface area contributed by atoms with E-state index in [0.717, 1.165) is 18.7 Å². The summed E-state index contributed by atoms with van der Waals surface area (Å²) < 4.78 is 0. The first-order valence-corrected chi connectivity index (χ1v) is 5.86. The Morgan fingerprint density at radius 1 is 1.77 bits per heavy atom. The number of carbonyl (C=O) groups is 1. The predicted octanol–water partition coefficient (Wildman–Crippen LogP) is 0.591. The summed E-state index contributed by atoms with van der Waals surface area (Å²) in [5.74, 6) is 1.47. The Kier molecular flexibility index (Phi) is 4.22. The highest BCUT2D eigenvalue weighted by atomic mass is 32.2. The monoisotopic (exact) mass is 202 g/mol. The summed E-state index contributed by atoms with van der Waals surface area (Å²) in [6.45, 7) is 5.02. The first kappa shape index (κ1) is 11.0. The summed E-state index contributed by atoms with van der Waals surface area (Å²) >= 11 is 1.67. The zero-order valence-electron chi connectivity index (χ0n) is 8.25. The minimum absolute atomic E-state index is 0.0519. The minimum atomic E-state index is -0.298. The van der Waals surface area contributed by atoms with Crippen molar-refractivity contribution in [2.24, 2.45) is 11.7 Å². The van der Waals surface area contributed by atoms with Gasteiger partial charge in [-0.2, -0.15) is 0 Å². The Balaban J connectivity index is 2.45. The van der Waals surface area contributed by atoms with Crippen molar-refractivity contribution in [2.45, 2.75) is 31.7 Å². The van der Waals surface area contributed by atoms with Gasteiger partial charge in [0.15, 0.2) is 5.78 Å². The summed E-state index contributed by atoms with van der Waals surface area (Å²) in [6, 6.07) is -0.298. The summed E-state index contributed by atoms with van der Waals surface area (Å²) in [5.41, 5.74) is 5.85. The van der Waals surface area contributed by atoms with Gasteiger partial charge in [0.2, 0.25) is 0 Å². The van der Waals surface area contributed by atoms with Gasteiger partial charge in [-0.15, -0.1) is 11.8 Å². The van der Waals surface area contributed by atoms with Crippen LogP contribution in [-0.4, -0.2) is 29.5 Å². The molecule has 0 amide bonds. The molecule has 1 heterocycles. The van der Waals surface area contributed by atoms with Crippen LogP contribution in [0.2, 0.25) is 0 Å². The minimum Gasteiger partial charge on any atom is -0.321 e. The van der Waals surface area contributed by atoms with Crippen LogP contribution in [-0.2, 0) is 4.79 Å².